The second kappa shape index (κ2) is 8.32. The standard InChI is InChI=1S/C17H16N6O3S/c1-11-4-2-3-5-12(11)10-27-17-19-16(21-22-17)20-18-9-13-8-14(23(25)26)6-7-15(13)24/h2-9,24H,10H2,1H3,(H2,19,20,21,22)/p-1/b18-9-. The summed E-state index contributed by atoms with van der Waals surface area (Å²) in [6.07, 6.45) is 1.21. The fourth-order valence-corrected chi connectivity index (χ4v) is 3.06. The van der Waals surface area contributed by atoms with Crippen LogP contribution in [0, 0.1) is 17.0 Å². The first-order valence-electron chi connectivity index (χ1n) is 7.87. The molecule has 0 unspecified atom stereocenters. The number of nitrogens with one attached hydrogen (secondary N) is 2. The number of rotatable bonds is 7. The molecule has 0 amide bonds. The molecule has 0 aliphatic heterocycles. The van der Waals surface area contributed by atoms with Gasteiger partial charge in [-0.15, -0.1) is 5.10 Å². The monoisotopic (exact) mass is 383 g/mol. The van der Waals surface area contributed by atoms with Gasteiger partial charge in [0.15, 0.2) is 0 Å². The minimum atomic E-state index is -0.571. The van der Waals surface area contributed by atoms with Crippen LogP contribution in [0.5, 0.6) is 5.75 Å². The molecular formula is C17H15N6O3S-. The molecule has 0 atom stereocenters. The highest BCUT2D eigenvalue weighted by molar-refractivity contribution is 7.98. The number of benzene rings is 2. The van der Waals surface area contributed by atoms with E-state index < -0.39 is 4.92 Å². The molecule has 0 aliphatic carbocycles. The lowest BCUT2D eigenvalue weighted by atomic mass is 10.1. The van der Waals surface area contributed by atoms with Crippen molar-refractivity contribution >= 4 is 29.6 Å². The van der Waals surface area contributed by atoms with Gasteiger partial charge in [0.05, 0.1) is 11.1 Å². The quantitative estimate of drug-likeness (QED) is 0.277. The summed E-state index contributed by atoms with van der Waals surface area (Å²) in [7, 11) is 0. The molecule has 1 heterocycles. The number of aromatic nitrogens is 3. The van der Waals surface area contributed by atoms with Crippen LogP contribution in [0.1, 0.15) is 16.7 Å². The number of nitro groups is 1. The summed E-state index contributed by atoms with van der Waals surface area (Å²) in [6, 6.07) is 11.5. The van der Waals surface area contributed by atoms with Gasteiger partial charge in [0.1, 0.15) is 0 Å². The summed E-state index contributed by atoms with van der Waals surface area (Å²) in [5, 5.41) is 33.7. The van der Waals surface area contributed by atoms with E-state index in [4.69, 9.17) is 0 Å². The maximum atomic E-state index is 11.7. The van der Waals surface area contributed by atoms with E-state index in [2.05, 4.69) is 31.8 Å². The normalized spacial score (nSPS) is 11.0. The molecule has 2 aromatic carbocycles. The minimum Gasteiger partial charge on any atom is -0.872 e. The molecule has 3 aromatic rings. The van der Waals surface area contributed by atoms with Gasteiger partial charge in [-0.3, -0.25) is 10.1 Å². The number of nitro benzene ring substituents is 1. The van der Waals surface area contributed by atoms with Crippen LogP contribution >= 0.6 is 11.8 Å². The zero-order valence-corrected chi connectivity index (χ0v) is 15.1. The van der Waals surface area contributed by atoms with Crippen LogP contribution in [0.4, 0.5) is 11.6 Å². The van der Waals surface area contributed by atoms with E-state index in [-0.39, 0.29) is 17.0 Å². The number of non-ortho nitro benzene ring substituents is 1. The van der Waals surface area contributed by atoms with E-state index in [1.165, 1.54) is 29.1 Å². The van der Waals surface area contributed by atoms with Gasteiger partial charge in [-0.05, 0) is 23.6 Å². The number of H-pyrrole nitrogens is 1. The zero-order chi connectivity index (χ0) is 19.2. The van der Waals surface area contributed by atoms with Crippen molar-refractivity contribution in [3.05, 3.63) is 69.3 Å². The molecule has 10 heteroatoms. The van der Waals surface area contributed by atoms with Crippen molar-refractivity contribution in [2.75, 3.05) is 5.43 Å². The highest BCUT2D eigenvalue weighted by Gasteiger charge is 2.06. The van der Waals surface area contributed by atoms with Crippen LogP contribution in [-0.2, 0) is 5.75 Å². The first-order valence-corrected chi connectivity index (χ1v) is 8.86. The smallest absolute Gasteiger partial charge is 0.270 e. The molecule has 2 N–H and O–H groups in total. The molecule has 0 aliphatic rings. The molecule has 0 saturated heterocycles. The largest absolute Gasteiger partial charge is 0.872 e. The Morgan fingerprint density at radius 1 is 1.33 bits per heavy atom. The van der Waals surface area contributed by atoms with Crippen LogP contribution in [0.15, 0.2) is 52.7 Å². The number of aryl methyl sites for hydroxylation is 1. The van der Waals surface area contributed by atoms with Crippen LogP contribution in [-0.4, -0.2) is 26.3 Å². The average Bonchev–Trinajstić information content (AvgIpc) is 3.10. The highest BCUT2D eigenvalue weighted by atomic mass is 32.2. The van der Waals surface area contributed by atoms with Gasteiger partial charge >= 0.3 is 0 Å². The summed E-state index contributed by atoms with van der Waals surface area (Å²) < 4.78 is 0. The van der Waals surface area contributed by atoms with E-state index in [9.17, 15) is 15.2 Å². The van der Waals surface area contributed by atoms with Gasteiger partial charge in [0, 0.05) is 17.9 Å². The topological polar surface area (TPSA) is 132 Å². The number of hydrazone groups is 1. The van der Waals surface area contributed by atoms with Crippen molar-refractivity contribution in [3.63, 3.8) is 0 Å². The van der Waals surface area contributed by atoms with Crippen molar-refractivity contribution < 1.29 is 10.0 Å². The molecule has 1 aromatic heterocycles. The van der Waals surface area contributed by atoms with Gasteiger partial charge in [0.25, 0.3) is 5.69 Å². The van der Waals surface area contributed by atoms with Crippen LogP contribution < -0.4 is 10.5 Å². The summed E-state index contributed by atoms with van der Waals surface area (Å²) in [5.41, 5.74) is 4.95. The van der Waals surface area contributed by atoms with Crippen molar-refractivity contribution in [1.82, 2.24) is 15.2 Å². The molecule has 0 saturated carbocycles. The third kappa shape index (κ3) is 4.82. The molecule has 9 nitrogen and oxygen atoms in total. The Morgan fingerprint density at radius 3 is 2.93 bits per heavy atom. The predicted molar refractivity (Wildman–Crippen MR) is 101 cm³/mol. The first-order chi connectivity index (χ1) is 13.0. The Hall–Kier alpha value is -3.40. The molecule has 0 fully saturated rings. The van der Waals surface area contributed by atoms with E-state index in [1.54, 1.807) is 0 Å². The molecule has 27 heavy (non-hydrogen) atoms. The number of hydrogen-bond donors (Lipinski definition) is 2. The number of anilines is 1. The Labute approximate surface area is 158 Å². The third-order valence-electron chi connectivity index (χ3n) is 3.66. The van der Waals surface area contributed by atoms with Gasteiger partial charge in [-0.2, -0.15) is 10.1 Å². The molecule has 3 rings (SSSR count). The molecule has 0 bridgehead atoms. The van der Waals surface area contributed by atoms with Gasteiger partial charge in [-0.25, -0.2) is 10.5 Å². The maximum Gasteiger partial charge on any atom is 0.270 e. The van der Waals surface area contributed by atoms with Gasteiger partial charge < -0.3 is 5.11 Å². The summed E-state index contributed by atoms with van der Waals surface area (Å²) >= 11 is 1.48. The number of aromatic amines is 1. The zero-order valence-electron chi connectivity index (χ0n) is 14.2. The first kappa shape index (κ1) is 18.4. The second-order valence-corrected chi connectivity index (χ2v) is 6.47. The predicted octanol–water partition coefficient (Wildman–Crippen LogP) is 2.83. The van der Waals surface area contributed by atoms with Crippen molar-refractivity contribution in [1.29, 1.82) is 0 Å². The minimum absolute atomic E-state index is 0.102. The number of nitrogens with zero attached hydrogens (tertiary/aromatic N) is 4. The van der Waals surface area contributed by atoms with E-state index in [0.29, 0.717) is 11.1 Å². The lowest BCUT2D eigenvalue weighted by molar-refractivity contribution is -0.385. The van der Waals surface area contributed by atoms with Crippen LogP contribution in [0.25, 0.3) is 0 Å². The average molecular weight is 383 g/mol. The fourth-order valence-electron chi connectivity index (χ4n) is 2.19. The molecule has 0 radical (unpaired) electrons. The van der Waals surface area contributed by atoms with Gasteiger partial charge in [0.2, 0.25) is 11.1 Å². The number of thioether (sulfide) groups is 1. The van der Waals surface area contributed by atoms with E-state index in [0.717, 1.165) is 24.0 Å². The summed E-state index contributed by atoms with van der Waals surface area (Å²) in [5.74, 6) is 0.676. The Bertz CT molecular complexity index is 988. The van der Waals surface area contributed by atoms with Gasteiger partial charge in [-0.1, -0.05) is 47.8 Å². The maximum absolute atomic E-state index is 11.7. The Balaban J connectivity index is 1.60. The summed E-state index contributed by atoms with van der Waals surface area (Å²) in [4.78, 5) is 14.4. The highest BCUT2D eigenvalue weighted by Crippen LogP contribution is 2.22. The Morgan fingerprint density at radius 2 is 2.15 bits per heavy atom. The lowest BCUT2D eigenvalue weighted by Crippen LogP contribution is -1.99. The fraction of sp³-hybridized carbons (Fsp3) is 0.118. The van der Waals surface area contributed by atoms with Crippen molar-refractivity contribution in [3.8, 4) is 5.75 Å². The Kier molecular flexibility index (Phi) is 5.67. The third-order valence-corrected chi connectivity index (χ3v) is 4.56. The van der Waals surface area contributed by atoms with E-state index in [1.807, 2.05) is 25.1 Å². The van der Waals surface area contributed by atoms with E-state index >= 15 is 0 Å². The van der Waals surface area contributed by atoms with Crippen molar-refractivity contribution in [2.24, 2.45) is 5.10 Å². The number of hydrogen-bond acceptors (Lipinski definition) is 8. The van der Waals surface area contributed by atoms with Crippen LogP contribution in [0.3, 0.4) is 0 Å². The SMILES string of the molecule is Cc1ccccc1CSc1n[nH]c(N/N=C\c2cc([N+](=O)[O-])ccc2[O-])n1. The molecule has 138 valence electrons. The molecular weight excluding hydrogens is 368 g/mol. The van der Waals surface area contributed by atoms with Crippen molar-refractivity contribution in [2.45, 2.75) is 17.8 Å². The molecule has 0 spiro atoms. The second-order valence-electron chi connectivity index (χ2n) is 5.53. The lowest BCUT2D eigenvalue weighted by Gasteiger charge is -2.08. The van der Waals surface area contributed by atoms with Crippen LogP contribution in [0.2, 0.25) is 0 Å². The summed E-state index contributed by atoms with van der Waals surface area (Å²) in [6.45, 7) is 2.05.